The van der Waals surface area contributed by atoms with Crippen molar-refractivity contribution in [3.63, 3.8) is 0 Å². The standard InChI is InChI=1S/C21H20ClNO4/c1-2-4-20(25)23-18-10-8-16(9-11-18)19(24)14-27-21(26)12-7-15-5-3-6-17(22)13-15/h3,5-13H,2,4,14H2,1H3,(H,23,25)/b12-7+. The molecule has 2 aromatic carbocycles. The molecule has 0 bridgehead atoms. The fourth-order valence-corrected chi connectivity index (χ4v) is 2.43. The molecule has 0 saturated heterocycles. The molecule has 0 aromatic heterocycles. The number of carbonyl (C=O) groups excluding carboxylic acids is 3. The highest BCUT2D eigenvalue weighted by molar-refractivity contribution is 6.30. The van der Waals surface area contributed by atoms with E-state index in [0.717, 1.165) is 12.0 Å². The number of hydrogen-bond donors (Lipinski definition) is 1. The molecule has 0 aliphatic heterocycles. The molecule has 6 heteroatoms. The third kappa shape index (κ3) is 7.07. The zero-order chi connectivity index (χ0) is 19.6. The molecule has 1 amide bonds. The first-order chi connectivity index (χ1) is 13.0. The fraction of sp³-hybridized carbons (Fsp3) is 0.190. The lowest BCUT2D eigenvalue weighted by molar-refractivity contribution is -0.136. The van der Waals surface area contributed by atoms with Gasteiger partial charge >= 0.3 is 5.97 Å². The number of rotatable bonds is 8. The van der Waals surface area contributed by atoms with Gasteiger partial charge < -0.3 is 10.1 Å². The molecule has 0 spiro atoms. The summed E-state index contributed by atoms with van der Waals surface area (Å²) < 4.78 is 4.96. The van der Waals surface area contributed by atoms with Gasteiger partial charge in [0.15, 0.2) is 12.4 Å². The highest BCUT2D eigenvalue weighted by Crippen LogP contribution is 2.13. The van der Waals surface area contributed by atoms with Crippen LogP contribution >= 0.6 is 11.6 Å². The minimum Gasteiger partial charge on any atom is -0.454 e. The normalized spacial score (nSPS) is 10.6. The molecule has 0 fully saturated rings. The quantitative estimate of drug-likeness (QED) is 0.412. The second kappa shape index (κ2) is 10.3. The van der Waals surface area contributed by atoms with Crippen molar-refractivity contribution in [3.05, 3.63) is 70.8 Å². The number of hydrogen-bond acceptors (Lipinski definition) is 4. The van der Waals surface area contributed by atoms with Crippen molar-refractivity contribution in [2.75, 3.05) is 11.9 Å². The van der Waals surface area contributed by atoms with Crippen molar-refractivity contribution in [3.8, 4) is 0 Å². The summed E-state index contributed by atoms with van der Waals surface area (Å²) in [6.45, 7) is 1.56. The van der Waals surface area contributed by atoms with Gasteiger partial charge in [0.25, 0.3) is 0 Å². The number of benzene rings is 2. The van der Waals surface area contributed by atoms with Crippen molar-refractivity contribution < 1.29 is 19.1 Å². The van der Waals surface area contributed by atoms with Crippen LogP contribution < -0.4 is 5.32 Å². The minimum atomic E-state index is -0.619. The van der Waals surface area contributed by atoms with Gasteiger partial charge in [0, 0.05) is 28.8 Å². The molecule has 0 aliphatic carbocycles. The van der Waals surface area contributed by atoms with E-state index in [2.05, 4.69) is 5.32 Å². The maximum Gasteiger partial charge on any atom is 0.331 e. The minimum absolute atomic E-state index is 0.0722. The van der Waals surface area contributed by atoms with E-state index in [0.29, 0.717) is 22.7 Å². The summed E-state index contributed by atoms with van der Waals surface area (Å²) in [5.74, 6) is -1.02. The Morgan fingerprint density at radius 1 is 1.11 bits per heavy atom. The fourth-order valence-electron chi connectivity index (χ4n) is 2.23. The average Bonchev–Trinajstić information content (AvgIpc) is 2.65. The maximum atomic E-state index is 12.1. The average molecular weight is 386 g/mol. The predicted molar refractivity (Wildman–Crippen MR) is 106 cm³/mol. The number of amides is 1. The number of halogens is 1. The molecule has 0 aliphatic rings. The molecule has 0 heterocycles. The van der Waals surface area contributed by atoms with Crippen LogP contribution in [0, 0.1) is 0 Å². The third-order valence-corrected chi connectivity index (χ3v) is 3.81. The highest BCUT2D eigenvalue weighted by Gasteiger charge is 2.09. The number of Topliss-reactive ketones (excluding diaryl/α,β-unsaturated/α-hetero) is 1. The highest BCUT2D eigenvalue weighted by atomic mass is 35.5. The first-order valence-electron chi connectivity index (χ1n) is 8.51. The number of ketones is 1. The Kier molecular flexibility index (Phi) is 7.77. The van der Waals surface area contributed by atoms with E-state index >= 15 is 0 Å². The van der Waals surface area contributed by atoms with Gasteiger partial charge in [-0.3, -0.25) is 9.59 Å². The largest absolute Gasteiger partial charge is 0.454 e. The first kappa shape index (κ1) is 20.4. The third-order valence-electron chi connectivity index (χ3n) is 3.57. The van der Waals surface area contributed by atoms with Crippen molar-refractivity contribution >= 4 is 41.0 Å². The van der Waals surface area contributed by atoms with Crippen molar-refractivity contribution in [1.82, 2.24) is 0 Å². The molecular formula is C21H20ClNO4. The summed E-state index contributed by atoms with van der Waals surface area (Å²) in [6, 6.07) is 13.4. The van der Waals surface area contributed by atoms with Gasteiger partial charge in [-0.1, -0.05) is 30.7 Å². The van der Waals surface area contributed by atoms with E-state index in [1.807, 2.05) is 6.92 Å². The van der Waals surface area contributed by atoms with E-state index in [4.69, 9.17) is 16.3 Å². The summed E-state index contributed by atoms with van der Waals surface area (Å²) in [4.78, 5) is 35.4. The zero-order valence-electron chi connectivity index (χ0n) is 14.9. The first-order valence-corrected chi connectivity index (χ1v) is 8.89. The molecule has 5 nitrogen and oxygen atoms in total. The Morgan fingerprint density at radius 3 is 2.52 bits per heavy atom. The van der Waals surface area contributed by atoms with Gasteiger partial charge in [-0.25, -0.2) is 4.79 Å². The van der Waals surface area contributed by atoms with Gasteiger partial charge in [0.1, 0.15) is 0 Å². The lowest BCUT2D eigenvalue weighted by atomic mass is 10.1. The van der Waals surface area contributed by atoms with Crippen molar-refractivity contribution in [2.24, 2.45) is 0 Å². The predicted octanol–water partition coefficient (Wildman–Crippen LogP) is 4.52. The Balaban J connectivity index is 1.84. The Labute approximate surface area is 163 Å². The molecule has 0 atom stereocenters. The van der Waals surface area contributed by atoms with Gasteiger partial charge in [-0.2, -0.15) is 0 Å². The molecule has 2 aromatic rings. The molecule has 0 saturated carbocycles. The Morgan fingerprint density at radius 2 is 1.85 bits per heavy atom. The van der Waals surface area contributed by atoms with Crippen LogP contribution in [-0.2, 0) is 14.3 Å². The van der Waals surface area contributed by atoms with Gasteiger partial charge in [0.2, 0.25) is 5.91 Å². The van der Waals surface area contributed by atoms with E-state index in [-0.39, 0.29) is 18.3 Å². The van der Waals surface area contributed by atoms with E-state index in [9.17, 15) is 14.4 Å². The molecule has 2 rings (SSSR count). The van der Waals surface area contributed by atoms with E-state index in [1.165, 1.54) is 6.08 Å². The summed E-state index contributed by atoms with van der Waals surface area (Å²) >= 11 is 5.87. The second-order valence-electron chi connectivity index (χ2n) is 5.79. The van der Waals surface area contributed by atoms with Crippen LogP contribution in [0.4, 0.5) is 5.69 Å². The molecule has 0 radical (unpaired) electrons. The topological polar surface area (TPSA) is 72.5 Å². The lowest BCUT2D eigenvalue weighted by Crippen LogP contribution is -2.13. The molecule has 27 heavy (non-hydrogen) atoms. The molecule has 140 valence electrons. The second-order valence-corrected chi connectivity index (χ2v) is 6.23. The van der Waals surface area contributed by atoms with Gasteiger partial charge in [-0.05, 0) is 54.5 Å². The van der Waals surface area contributed by atoms with Crippen LogP contribution in [0.25, 0.3) is 6.08 Å². The van der Waals surface area contributed by atoms with Gasteiger partial charge in [-0.15, -0.1) is 0 Å². The van der Waals surface area contributed by atoms with Crippen LogP contribution in [0.5, 0.6) is 0 Å². The monoisotopic (exact) mass is 385 g/mol. The lowest BCUT2D eigenvalue weighted by Gasteiger charge is -2.06. The molecule has 0 unspecified atom stereocenters. The molecule has 1 N–H and O–H groups in total. The summed E-state index contributed by atoms with van der Waals surface area (Å²) in [5.41, 5.74) is 1.77. The number of esters is 1. The van der Waals surface area contributed by atoms with Crippen LogP contribution in [-0.4, -0.2) is 24.3 Å². The Bertz CT molecular complexity index is 844. The van der Waals surface area contributed by atoms with E-state index < -0.39 is 5.97 Å². The van der Waals surface area contributed by atoms with Crippen LogP contribution in [0.3, 0.4) is 0 Å². The Hall–Kier alpha value is -2.92. The summed E-state index contributed by atoms with van der Waals surface area (Å²) in [6.07, 6.45) is 4.01. The van der Waals surface area contributed by atoms with Crippen molar-refractivity contribution in [1.29, 1.82) is 0 Å². The molecular weight excluding hydrogens is 366 g/mol. The van der Waals surface area contributed by atoms with Crippen LogP contribution in [0.2, 0.25) is 5.02 Å². The zero-order valence-corrected chi connectivity index (χ0v) is 15.7. The number of anilines is 1. The smallest absolute Gasteiger partial charge is 0.331 e. The van der Waals surface area contributed by atoms with Crippen LogP contribution in [0.15, 0.2) is 54.6 Å². The van der Waals surface area contributed by atoms with Crippen molar-refractivity contribution in [2.45, 2.75) is 19.8 Å². The maximum absolute atomic E-state index is 12.1. The number of carbonyl (C=O) groups is 3. The summed E-state index contributed by atoms with van der Waals surface area (Å²) in [5, 5.41) is 3.31. The van der Waals surface area contributed by atoms with Gasteiger partial charge in [0.05, 0.1) is 0 Å². The van der Waals surface area contributed by atoms with Crippen LogP contribution in [0.1, 0.15) is 35.7 Å². The number of ether oxygens (including phenoxy) is 1. The summed E-state index contributed by atoms with van der Waals surface area (Å²) in [7, 11) is 0. The number of nitrogens with one attached hydrogen (secondary N) is 1. The SMILES string of the molecule is CCCC(=O)Nc1ccc(C(=O)COC(=O)/C=C/c2cccc(Cl)c2)cc1. The van der Waals surface area contributed by atoms with E-state index in [1.54, 1.807) is 54.6 Å².